The van der Waals surface area contributed by atoms with Crippen LogP contribution in [0.25, 0.3) is 0 Å². The average Bonchev–Trinajstić information content (AvgIpc) is 3.56. The van der Waals surface area contributed by atoms with Gasteiger partial charge in [0, 0.05) is 50.7 Å². The van der Waals surface area contributed by atoms with Crippen LogP contribution in [0.4, 0.5) is 13.2 Å². The molecule has 3 aliphatic heterocycles. The zero-order chi connectivity index (χ0) is 26.9. The summed E-state index contributed by atoms with van der Waals surface area (Å²) >= 11 is 0. The molecule has 1 N–H and O–H groups in total. The Morgan fingerprint density at radius 2 is 1.68 bits per heavy atom. The molecule has 202 valence electrons. The molecule has 8 nitrogen and oxygen atoms in total. The van der Waals surface area contributed by atoms with E-state index in [4.69, 9.17) is 9.47 Å². The van der Waals surface area contributed by atoms with Crippen LogP contribution in [-0.2, 0) is 14.3 Å². The molecule has 0 bridgehead atoms. The van der Waals surface area contributed by atoms with Crippen molar-refractivity contribution < 1.29 is 37.0 Å². The molecule has 3 aliphatic rings. The van der Waals surface area contributed by atoms with Gasteiger partial charge in [0.25, 0.3) is 11.8 Å². The summed E-state index contributed by atoms with van der Waals surface area (Å²) < 4.78 is 52.7. The molecule has 3 amide bonds. The van der Waals surface area contributed by atoms with Gasteiger partial charge >= 0.3 is 0 Å². The Morgan fingerprint density at radius 3 is 2.34 bits per heavy atom. The predicted molar refractivity (Wildman–Crippen MR) is 129 cm³/mol. The molecule has 0 saturated carbocycles. The lowest BCUT2D eigenvalue weighted by Crippen LogP contribution is -2.60. The smallest absolute Gasteiger partial charge is 0.256 e. The highest BCUT2D eigenvalue weighted by atomic mass is 19.1. The van der Waals surface area contributed by atoms with E-state index in [0.29, 0.717) is 19.2 Å². The molecule has 2 aromatic carbocycles. The van der Waals surface area contributed by atoms with Crippen molar-refractivity contribution in [1.82, 2.24) is 15.1 Å². The molecule has 11 heteroatoms. The third kappa shape index (κ3) is 5.12. The van der Waals surface area contributed by atoms with E-state index in [1.807, 2.05) is 0 Å². The molecule has 1 spiro atoms. The fourth-order valence-electron chi connectivity index (χ4n) is 5.33. The van der Waals surface area contributed by atoms with Gasteiger partial charge in [0.2, 0.25) is 5.91 Å². The number of ether oxygens (including phenoxy) is 2. The number of carbonyl (C=O) groups excluding carboxylic acids is 3. The van der Waals surface area contributed by atoms with Crippen molar-refractivity contribution in [2.45, 2.75) is 43.6 Å². The van der Waals surface area contributed by atoms with E-state index in [0.717, 1.165) is 25.0 Å². The second-order valence-electron chi connectivity index (χ2n) is 9.75. The molecule has 3 heterocycles. The SMILES string of the molecule is O=C(NC[C@H]1CCCO1)[C@H]1COC2(CCN(C(=O)c3ccc(F)cc3F)CC2)N1C(=O)c1ccc(F)cc1. The number of hydrogen-bond donors (Lipinski definition) is 1. The number of hydrogen-bond acceptors (Lipinski definition) is 5. The number of piperidine rings is 1. The van der Waals surface area contributed by atoms with Gasteiger partial charge in [-0.05, 0) is 49.2 Å². The molecule has 0 radical (unpaired) electrons. The number of nitrogens with one attached hydrogen (secondary N) is 1. The molecule has 2 atom stereocenters. The van der Waals surface area contributed by atoms with E-state index >= 15 is 0 Å². The maximum absolute atomic E-state index is 14.2. The first-order valence-electron chi connectivity index (χ1n) is 12.6. The predicted octanol–water partition coefficient (Wildman–Crippen LogP) is 2.87. The largest absolute Gasteiger partial charge is 0.376 e. The van der Waals surface area contributed by atoms with Gasteiger partial charge in [0.15, 0.2) is 0 Å². The normalized spacial score (nSPS) is 22.6. The van der Waals surface area contributed by atoms with Crippen molar-refractivity contribution >= 4 is 17.7 Å². The minimum Gasteiger partial charge on any atom is -0.376 e. The lowest BCUT2D eigenvalue weighted by Gasteiger charge is -2.44. The Bertz CT molecular complexity index is 1210. The molecular weight excluding hydrogens is 503 g/mol. The van der Waals surface area contributed by atoms with Crippen LogP contribution in [-0.4, -0.2) is 78.2 Å². The summed E-state index contributed by atoms with van der Waals surface area (Å²) in [5.41, 5.74) is -1.24. The minimum absolute atomic E-state index is 0.0508. The van der Waals surface area contributed by atoms with Gasteiger partial charge < -0.3 is 19.7 Å². The standard InChI is InChI=1S/C27H28F3N3O5/c28-18-5-3-17(4-6-18)25(35)33-23(24(34)31-15-20-2-1-13-37-20)16-38-27(33)9-11-32(12-10-27)26(36)21-8-7-19(29)14-22(21)30/h3-8,14,20,23H,1-2,9-13,15-16H2,(H,31,34)/t20-,23-/m1/s1. The van der Waals surface area contributed by atoms with Crippen LogP contribution in [0.2, 0.25) is 0 Å². The van der Waals surface area contributed by atoms with E-state index in [-0.39, 0.29) is 55.7 Å². The quantitative estimate of drug-likeness (QED) is 0.641. The first-order chi connectivity index (χ1) is 18.3. The van der Waals surface area contributed by atoms with Crippen LogP contribution in [0.3, 0.4) is 0 Å². The van der Waals surface area contributed by atoms with Crippen LogP contribution in [0.15, 0.2) is 42.5 Å². The third-order valence-electron chi connectivity index (χ3n) is 7.39. The van der Waals surface area contributed by atoms with Gasteiger partial charge in [0.05, 0.1) is 18.3 Å². The Balaban J connectivity index is 1.35. The molecule has 3 saturated heterocycles. The second kappa shape index (κ2) is 10.7. The topological polar surface area (TPSA) is 88.2 Å². The lowest BCUT2D eigenvalue weighted by molar-refractivity contribution is -0.128. The number of carbonyl (C=O) groups is 3. The third-order valence-corrected chi connectivity index (χ3v) is 7.39. The highest BCUT2D eigenvalue weighted by Crippen LogP contribution is 2.39. The van der Waals surface area contributed by atoms with Crippen molar-refractivity contribution in [3.05, 3.63) is 71.0 Å². The molecule has 38 heavy (non-hydrogen) atoms. The molecule has 0 aliphatic carbocycles. The number of rotatable bonds is 5. The van der Waals surface area contributed by atoms with Gasteiger partial charge in [-0.2, -0.15) is 0 Å². The summed E-state index contributed by atoms with van der Waals surface area (Å²) in [5, 5.41) is 2.86. The summed E-state index contributed by atoms with van der Waals surface area (Å²) in [5.74, 6) is -3.72. The van der Waals surface area contributed by atoms with Gasteiger partial charge in [-0.3, -0.25) is 19.3 Å². The molecule has 2 aromatic rings. The van der Waals surface area contributed by atoms with E-state index in [2.05, 4.69) is 5.32 Å². The lowest BCUT2D eigenvalue weighted by atomic mass is 9.96. The van der Waals surface area contributed by atoms with E-state index < -0.39 is 41.0 Å². The first-order valence-corrected chi connectivity index (χ1v) is 12.6. The monoisotopic (exact) mass is 531 g/mol. The van der Waals surface area contributed by atoms with Crippen LogP contribution < -0.4 is 5.32 Å². The maximum Gasteiger partial charge on any atom is 0.256 e. The Hall–Kier alpha value is -3.44. The highest BCUT2D eigenvalue weighted by Gasteiger charge is 2.54. The number of halogens is 3. The Labute approximate surface area is 217 Å². The fraction of sp³-hybridized carbons (Fsp3) is 0.444. The summed E-state index contributed by atoms with van der Waals surface area (Å²) in [4.78, 5) is 42.6. The minimum atomic E-state index is -1.19. The number of likely N-dealkylation sites (tertiary alicyclic amines) is 1. The van der Waals surface area contributed by atoms with E-state index in [1.165, 1.54) is 34.1 Å². The first kappa shape index (κ1) is 26.2. The summed E-state index contributed by atoms with van der Waals surface area (Å²) in [6.45, 7) is 1.14. The zero-order valence-electron chi connectivity index (χ0n) is 20.6. The summed E-state index contributed by atoms with van der Waals surface area (Å²) in [6.07, 6.45) is 2.01. The van der Waals surface area contributed by atoms with Crippen LogP contribution in [0.1, 0.15) is 46.4 Å². The Kier molecular flexibility index (Phi) is 7.40. The van der Waals surface area contributed by atoms with Crippen LogP contribution in [0, 0.1) is 17.5 Å². The van der Waals surface area contributed by atoms with Crippen LogP contribution >= 0.6 is 0 Å². The molecular formula is C27H28F3N3O5. The van der Waals surface area contributed by atoms with Crippen LogP contribution in [0.5, 0.6) is 0 Å². The molecule has 0 unspecified atom stereocenters. The number of nitrogens with zero attached hydrogens (tertiary/aromatic N) is 2. The number of amides is 3. The van der Waals surface area contributed by atoms with Crippen molar-refractivity contribution in [3.63, 3.8) is 0 Å². The second-order valence-corrected chi connectivity index (χ2v) is 9.75. The number of benzene rings is 2. The van der Waals surface area contributed by atoms with Crippen molar-refractivity contribution in [2.24, 2.45) is 0 Å². The average molecular weight is 532 g/mol. The summed E-state index contributed by atoms with van der Waals surface area (Å²) in [6, 6.07) is 6.87. The van der Waals surface area contributed by atoms with E-state index in [1.54, 1.807) is 0 Å². The fourth-order valence-corrected chi connectivity index (χ4v) is 5.33. The molecule has 0 aromatic heterocycles. The van der Waals surface area contributed by atoms with Crippen molar-refractivity contribution in [1.29, 1.82) is 0 Å². The van der Waals surface area contributed by atoms with Gasteiger partial charge in [-0.25, -0.2) is 13.2 Å². The van der Waals surface area contributed by atoms with Crippen molar-refractivity contribution in [2.75, 3.05) is 32.8 Å². The zero-order valence-corrected chi connectivity index (χ0v) is 20.6. The van der Waals surface area contributed by atoms with E-state index in [9.17, 15) is 27.6 Å². The van der Waals surface area contributed by atoms with Gasteiger partial charge in [0.1, 0.15) is 29.2 Å². The Morgan fingerprint density at radius 1 is 0.974 bits per heavy atom. The van der Waals surface area contributed by atoms with Gasteiger partial charge in [-0.1, -0.05) is 0 Å². The summed E-state index contributed by atoms with van der Waals surface area (Å²) in [7, 11) is 0. The molecule has 3 fully saturated rings. The maximum atomic E-state index is 14.2. The van der Waals surface area contributed by atoms with Gasteiger partial charge in [-0.15, -0.1) is 0 Å². The molecule has 5 rings (SSSR count). The van der Waals surface area contributed by atoms with Crippen molar-refractivity contribution in [3.8, 4) is 0 Å². The highest BCUT2D eigenvalue weighted by molar-refractivity contribution is 5.98.